The standard InChI is InChI=1S/C9H16O2/c1-8-4-6-9(11-8)5-2-3-7-10-9/h8H,2-7H2,1H3/t8-,9-/m1/s1. The molecule has 2 heteroatoms. The van der Waals surface area contributed by atoms with Gasteiger partial charge in [-0.25, -0.2) is 0 Å². The first kappa shape index (κ1) is 7.56. The van der Waals surface area contributed by atoms with Crippen LogP contribution in [0.25, 0.3) is 0 Å². The molecule has 2 saturated heterocycles. The maximum atomic E-state index is 5.77. The van der Waals surface area contributed by atoms with Crippen LogP contribution in [0.4, 0.5) is 0 Å². The lowest BCUT2D eigenvalue weighted by Crippen LogP contribution is -2.35. The van der Waals surface area contributed by atoms with Gasteiger partial charge in [-0.2, -0.15) is 0 Å². The maximum absolute atomic E-state index is 5.77. The molecule has 0 N–H and O–H groups in total. The molecule has 1 spiro atoms. The number of rotatable bonds is 0. The van der Waals surface area contributed by atoms with Gasteiger partial charge in [-0.15, -0.1) is 0 Å². The predicted molar refractivity (Wildman–Crippen MR) is 42.3 cm³/mol. The molecule has 2 rings (SSSR count). The minimum absolute atomic E-state index is 0.155. The van der Waals surface area contributed by atoms with Crippen molar-refractivity contribution in [3.05, 3.63) is 0 Å². The van der Waals surface area contributed by atoms with E-state index in [1.54, 1.807) is 0 Å². The van der Waals surface area contributed by atoms with Gasteiger partial charge >= 0.3 is 0 Å². The van der Waals surface area contributed by atoms with E-state index in [0.29, 0.717) is 6.10 Å². The third kappa shape index (κ3) is 1.42. The lowest BCUT2D eigenvalue weighted by Gasteiger charge is -2.33. The third-order valence-corrected chi connectivity index (χ3v) is 2.66. The van der Waals surface area contributed by atoms with Crippen LogP contribution in [0.5, 0.6) is 0 Å². The zero-order valence-electron chi connectivity index (χ0n) is 7.14. The van der Waals surface area contributed by atoms with Gasteiger partial charge in [-0.05, 0) is 26.2 Å². The van der Waals surface area contributed by atoms with E-state index in [2.05, 4.69) is 6.92 Å². The first-order chi connectivity index (χ1) is 5.31. The van der Waals surface area contributed by atoms with Gasteiger partial charge in [0.25, 0.3) is 0 Å². The highest BCUT2D eigenvalue weighted by molar-refractivity contribution is 4.81. The molecule has 0 aromatic heterocycles. The Hall–Kier alpha value is -0.0800. The van der Waals surface area contributed by atoms with Crippen molar-refractivity contribution < 1.29 is 9.47 Å². The molecule has 2 atom stereocenters. The highest BCUT2D eigenvalue weighted by Crippen LogP contribution is 2.37. The van der Waals surface area contributed by atoms with Crippen molar-refractivity contribution in [3.63, 3.8) is 0 Å². The Balaban J connectivity index is 1.98. The van der Waals surface area contributed by atoms with E-state index < -0.39 is 0 Å². The predicted octanol–water partition coefficient (Wildman–Crippen LogP) is 2.08. The second-order valence-electron chi connectivity index (χ2n) is 3.68. The fourth-order valence-electron chi connectivity index (χ4n) is 2.02. The zero-order chi connectivity index (χ0) is 7.73. The Morgan fingerprint density at radius 2 is 2.18 bits per heavy atom. The Morgan fingerprint density at radius 3 is 2.73 bits per heavy atom. The minimum Gasteiger partial charge on any atom is -0.350 e. The van der Waals surface area contributed by atoms with E-state index in [1.807, 2.05) is 0 Å². The average molecular weight is 156 g/mol. The van der Waals surface area contributed by atoms with Crippen molar-refractivity contribution in [2.75, 3.05) is 6.61 Å². The summed E-state index contributed by atoms with van der Waals surface area (Å²) < 4.78 is 11.4. The van der Waals surface area contributed by atoms with Gasteiger partial charge in [-0.3, -0.25) is 0 Å². The molecule has 0 aromatic rings. The van der Waals surface area contributed by atoms with Crippen LogP contribution in [-0.4, -0.2) is 18.5 Å². The lowest BCUT2D eigenvalue weighted by molar-refractivity contribution is -0.242. The monoisotopic (exact) mass is 156 g/mol. The lowest BCUT2D eigenvalue weighted by atomic mass is 10.0. The van der Waals surface area contributed by atoms with E-state index in [0.717, 1.165) is 19.4 Å². The minimum atomic E-state index is -0.155. The first-order valence-corrected chi connectivity index (χ1v) is 4.63. The van der Waals surface area contributed by atoms with Gasteiger partial charge < -0.3 is 9.47 Å². The summed E-state index contributed by atoms with van der Waals surface area (Å²) in [5, 5.41) is 0. The van der Waals surface area contributed by atoms with Crippen molar-refractivity contribution in [2.45, 2.75) is 50.9 Å². The smallest absolute Gasteiger partial charge is 0.168 e. The van der Waals surface area contributed by atoms with Gasteiger partial charge in [0.1, 0.15) is 0 Å². The van der Waals surface area contributed by atoms with Crippen LogP contribution in [0.15, 0.2) is 0 Å². The number of hydrogen-bond acceptors (Lipinski definition) is 2. The second kappa shape index (κ2) is 2.76. The van der Waals surface area contributed by atoms with Crippen molar-refractivity contribution >= 4 is 0 Å². The summed E-state index contributed by atoms with van der Waals surface area (Å²) in [5.41, 5.74) is 0. The summed E-state index contributed by atoms with van der Waals surface area (Å²) in [7, 11) is 0. The first-order valence-electron chi connectivity index (χ1n) is 4.63. The number of ether oxygens (including phenoxy) is 2. The van der Waals surface area contributed by atoms with E-state index in [1.165, 1.54) is 19.3 Å². The summed E-state index contributed by atoms with van der Waals surface area (Å²) in [6, 6.07) is 0. The zero-order valence-corrected chi connectivity index (χ0v) is 7.14. The number of hydrogen-bond donors (Lipinski definition) is 0. The van der Waals surface area contributed by atoms with Crippen LogP contribution in [0.1, 0.15) is 39.0 Å². The van der Waals surface area contributed by atoms with E-state index in [-0.39, 0.29) is 5.79 Å². The van der Waals surface area contributed by atoms with Gasteiger partial charge in [0, 0.05) is 12.8 Å². The van der Waals surface area contributed by atoms with Crippen LogP contribution in [0, 0.1) is 0 Å². The van der Waals surface area contributed by atoms with Crippen LogP contribution >= 0.6 is 0 Å². The molecule has 0 aromatic carbocycles. The molecule has 11 heavy (non-hydrogen) atoms. The quantitative estimate of drug-likeness (QED) is 0.534. The molecule has 2 aliphatic rings. The molecule has 0 unspecified atom stereocenters. The Bertz CT molecular complexity index is 133. The van der Waals surface area contributed by atoms with Gasteiger partial charge in [-0.1, -0.05) is 0 Å². The van der Waals surface area contributed by atoms with Gasteiger partial charge in [0.2, 0.25) is 0 Å². The molecule has 2 aliphatic heterocycles. The van der Waals surface area contributed by atoms with E-state index in [9.17, 15) is 0 Å². The van der Waals surface area contributed by atoms with Crippen LogP contribution < -0.4 is 0 Å². The highest BCUT2D eigenvalue weighted by atomic mass is 16.7. The fourth-order valence-corrected chi connectivity index (χ4v) is 2.02. The molecule has 2 heterocycles. The van der Waals surface area contributed by atoms with E-state index in [4.69, 9.17) is 9.47 Å². The normalized spacial score (nSPS) is 45.0. The van der Waals surface area contributed by atoms with E-state index >= 15 is 0 Å². The molecule has 0 aliphatic carbocycles. The molecule has 2 nitrogen and oxygen atoms in total. The second-order valence-corrected chi connectivity index (χ2v) is 3.68. The van der Waals surface area contributed by atoms with Crippen LogP contribution in [0.2, 0.25) is 0 Å². The molecule has 0 amide bonds. The molecule has 2 fully saturated rings. The summed E-state index contributed by atoms with van der Waals surface area (Å²) in [6.07, 6.45) is 6.27. The summed E-state index contributed by atoms with van der Waals surface area (Å²) in [4.78, 5) is 0. The topological polar surface area (TPSA) is 18.5 Å². The molecular weight excluding hydrogens is 140 g/mol. The third-order valence-electron chi connectivity index (χ3n) is 2.66. The molecular formula is C9H16O2. The van der Waals surface area contributed by atoms with Crippen LogP contribution in [-0.2, 0) is 9.47 Å². The molecule has 64 valence electrons. The van der Waals surface area contributed by atoms with Crippen molar-refractivity contribution in [1.82, 2.24) is 0 Å². The van der Waals surface area contributed by atoms with Crippen molar-refractivity contribution in [3.8, 4) is 0 Å². The molecule has 0 bridgehead atoms. The summed E-state index contributed by atoms with van der Waals surface area (Å²) in [5.74, 6) is -0.155. The Kier molecular flexibility index (Phi) is 1.90. The molecule has 0 radical (unpaired) electrons. The molecule has 0 saturated carbocycles. The highest BCUT2D eigenvalue weighted by Gasteiger charge is 2.40. The average Bonchev–Trinajstić information content (AvgIpc) is 2.34. The maximum Gasteiger partial charge on any atom is 0.168 e. The van der Waals surface area contributed by atoms with Crippen molar-refractivity contribution in [2.24, 2.45) is 0 Å². The largest absolute Gasteiger partial charge is 0.350 e. The van der Waals surface area contributed by atoms with Gasteiger partial charge in [0.15, 0.2) is 5.79 Å². The summed E-state index contributed by atoms with van der Waals surface area (Å²) in [6.45, 7) is 3.03. The summed E-state index contributed by atoms with van der Waals surface area (Å²) >= 11 is 0. The Morgan fingerprint density at radius 1 is 1.27 bits per heavy atom. The fraction of sp³-hybridized carbons (Fsp3) is 1.00. The SMILES string of the molecule is C[C@@H]1CC[C@@]2(CCCCO2)O1. The van der Waals surface area contributed by atoms with Crippen molar-refractivity contribution in [1.29, 1.82) is 0 Å². The Labute approximate surface area is 67.9 Å². The van der Waals surface area contributed by atoms with Crippen LogP contribution in [0.3, 0.4) is 0 Å². The van der Waals surface area contributed by atoms with Gasteiger partial charge in [0.05, 0.1) is 12.7 Å².